The molecule has 1 heterocycles. The molecule has 0 aliphatic heterocycles. The predicted molar refractivity (Wildman–Crippen MR) is 86.0 cm³/mol. The first kappa shape index (κ1) is 15.4. The number of sulfonamides is 1. The van der Waals surface area contributed by atoms with Crippen molar-refractivity contribution < 1.29 is 13.2 Å². The average molecular weight is 422 g/mol. The summed E-state index contributed by atoms with van der Waals surface area (Å²) in [5, 5.41) is 7.76. The maximum Gasteiger partial charge on any atom is 0.251 e. The van der Waals surface area contributed by atoms with E-state index in [1.54, 1.807) is 18.2 Å². The SMILES string of the molecule is NS(=O)(=O)c1ccc(CNC(=O)c2ccc(I)cc2)s1. The second-order valence-corrected chi connectivity index (χ2v) is 8.16. The minimum Gasteiger partial charge on any atom is -0.347 e. The van der Waals surface area contributed by atoms with E-state index in [1.807, 2.05) is 12.1 Å². The molecular weight excluding hydrogens is 411 g/mol. The van der Waals surface area contributed by atoms with Crippen LogP contribution in [0.1, 0.15) is 15.2 Å². The lowest BCUT2D eigenvalue weighted by molar-refractivity contribution is 0.0951. The summed E-state index contributed by atoms with van der Waals surface area (Å²) in [4.78, 5) is 12.6. The van der Waals surface area contributed by atoms with Gasteiger partial charge in [-0.15, -0.1) is 11.3 Å². The van der Waals surface area contributed by atoms with Crippen molar-refractivity contribution in [2.45, 2.75) is 10.8 Å². The molecule has 1 aromatic heterocycles. The van der Waals surface area contributed by atoms with Crippen molar-refractivity contribution in [2.24, 2.45) is 5.14 Å². The van der Waals surface area contributed by atoms with Gasteiger partial charge in [-0.3, -0.25) is 4.79 Å². The Bertz CT molecular complexity index is 723. The molecule has 0 unspecified atom stereocenters. The maximum absolute atomic E-state index is 11.9. The first-order chi connectivity index (χ1) is 9.36. The first-order valence-electron chi connectivity index (χ1n) is 5.51. The number of carbonyl (C=O) groups excluding carboxylic acids is 1. The second kappa shape index (κ2) is 6.20. The van der Waals surface area contributed by atoms with Gasteiger partial charge >= 0.3 is 0 Å². The summed E-state index contributed by atoms with van der Waals surface area (Å²) in [6, 6.07) is 10.2. The lowest BCUT2D eigenvalue weighted by atomic mass is 10.2. The van der Waals surface area contributed by atoms with E-state index in [0.29, 0.717) is 5.56 Å². The Morgan fingerprint density at radius 1 is 1.20 bits per heavy atom. The Labute approximate surface area is 134 Å². The quantitative estimate of drug-likeness (QED) is 0.739. The lowest BCUT2D eigenvalue weighted by Crippen LogP contribution is -2.22. The molecule has 0 aliphatic carbocycles. The largest absolute Gasteiger partial charge is 0.347 e. The van der Waals surface area contributed by atoms with E-state index >= 15 is 0 Å². The normalized spacial score (nSPS) is 11.3. The van der Waals surface area contributed by atoms with Crippen LogP contribution in [0.5, 0.6) is 0 Å². The van der Waals surface area contributed by atoms with Crippen LogP contribution < -0.4 is 10.5 Å². The summed E-state index contributed by atoms with van der Waals surface area (Å²) >= 11 is 3.21. The zero-order chi connectivity index (χ0) is 14.8. The van der Waals surface area contributed by atoms with E-state index in [0.717, 1.165) is 19.8 Å². The van der Waals surface area contributed by atoms with Gasteiger partial charge in [-0.1, -0.05) is 0 Å². The molecule has 0 spiro atoms. The highest BCUT2D eigenvalue weighted by molar-refractivity contribution is 14.1. The highest BCUT2D eigenvalue weighted by Gasteiger charge is 2.12. The van der Waals surface area contributed by atoms with E-state index in [1.165, 1.54) is 6.07 Å². The lowest BCUT2D eigenvalue weighted by Gasteiger charge is -2.03. The molecule has 106 valence electrons. The maximum atomic E-state index is 11.9. The number of nitrogens with two attached hydrogens (primary N) is 1. The van der Waals surface area contributed by atoms with Gasteiger partial charge in [0.25, 0.3) is 5.91 Å². The van der Waals surface area contributed by atoms with Crippen LogP contribution in [0, 0.1) is 3.57 Å². The summed E-state index contributed by atoms with van der Waals surface area (Å²) in [6.07, 6.45) is 0. The fourth-order valence-corrected chi connectivity index (χ4v) is 3.55. The standard InChI is InChI=1S/C12H11IN2O3S2/c13-9-3-1-8(2-4-9)12(16)15-7-10-5-6-11(19-10)20(14,17)18/h1-6H,7H2,(H,15,16)(H2,14,17,18). The molecule has 0 bridgehead atoms. The predicted octanol–water partition coefficient (Wildman–Crippen LogP) is 1.93. The van der Waals surface area contributed by atoms with E-state index in [9.17, 15) is 13.2 Å². The molecule has 3 N–H and O–H groups in total. The fraction of sp³-hybridized carbons (Fsp3) is 0.0833. The molecule has 0 aliphatic rings. The van der Waals surface area contributed by atoms with Gasteiger partial charge in [-0.2, -0.15) is 0 Å². The van der Waals surface area contributed by atoms with Crippen LogP contribution in [-0.2, 0) is 16.6 Å². The number of halogens is 1. The zero-order valence-corrected chi connectivity index (χ0v) is 14.0. The topological polar surface area (TPSA) is 89.3 Å². The van der Waals surface area contributed by atoms with Crippen molar-refractivity contribution in [1.82, 2.24) is 5.32 Å². The molecule has 0 saturated carbocycles. The van der Waals surface area contributed by atoms with Gasteiger partial charge in [0.1, 0.15) is 4.21 Å². The van der Waals surface area contributed by atoms with E-state index in [2.05, 4.69) is 27.9 Å². The van der Waals surface area contributed by atoms with Crippen molar-refractivity contribution in [2.75, 3.05) is 0 Å². The van der Waals surface area contributed by atoms with Gasteiger partial charge in [0, 0.05) is 14.0 Å². The third-order valence-corrected chi connectivity index (χ3v) is 5.69. The number of nitrogens with one attached hydrogen (secondary N) is 1. The fourth-order valence-electron chi connectivity index (χ4n) is 1.48. The first-order valence-corrected chi connectivity index (χ1v) is 8.96. The molecule has 1 amide bonds. The van der Waals surface area contributed by atoms with Gasteiger partial charge in [-0.05, 0) is 59.0 Å². The number of primary sulfonamides is 1. The monoisotopic (exact) mass is 422 g/mol. The van der Waals surface area contributed by atoms with Crippen molar-refractivity contribution in [3.8, 4) is 0 Å². The summed E-state index contributed by atoms with van der Waals surface area (Å²) in [5.74, 6) is -0.202. The zero-order valence-electron chi connectivity index (χ0n) is 10.2. The van der Waals surface area contributed by atoms with Crippen molar-refractivity contribution in [3.05, 3.63) is 50.4 Å². The number of carbonyl (C=O) groups is 1. The Morgan fingerprint density at radius 3 is 2.40 bits per heavy atom. The number of benzene rings is 1. The van der Waals surface area contributed by atoms with Crippen LogP contribution in [0.3, 0.4) is 0 Å². The van der Waals surface area contributed by atoms with Crippen LogP contribution in [0.25, 0.3) is 0 Å². The van der Waals surface area contributed by atoms with Crippen LogP contribution in [-0.4, -0.2) is 14.3 Å². The number of hydrogen-bond acceptors (Lipinski definition) is 4. The van der Waals surface area contributed by atoms with Gasteiger partial charge in [0.2, 0.25) is 10.0 Å². The average Bonchev–Trinajstić information content (AvgIpc) is 2.85. The molecule has 8 heteroatoms. The van der Waals surface area contributed by atoms with Crippen LogP contribution in [0.15, 0.2) is 40.6 Å². The molecule has 0 atom stereocenters. The highest BCUT2D eigenvalue weighted by Crippen LogP contribution is 2.20. The molecule has 2 rings (SSSR count). The summed E-state index contributed by atoms with van der Waals surface area (Å²) in [6.45, 7) is 0.269. The summed E-state index contributed by atoms with van der Waals surface area (Å²) < 4.78 is 23.4. The Balaban J connectivity index is 2.00. The van der Waals surface area contributed by atoms with Gasteiger partial charge in [-0.25, -0.2) is 13.6 Å². The molecule has 0 saturated heterocycles. The van der Waals surface area contributed by atoms with E-state index < -0.39 is 10.0 Å². The van der Waals surface area contributed by atoms with Gasteiger partial charge < -0.3 is 5.32 Å². The molecule has 2 aromatic rings. The van der Waals surface area contributed by atoms with Crippen LogP contribution >= 0.6 is 33.9 Å². The van der Waals surface area contributed by atoms with Crippen molar-refractivity contribution >= 4 is 49.9 Å². The molecular formula is C12H11IN2O3S2. The highest BCUT2D eigenvalue weighted by atomic mass is 127. The molecule has 0 fully saturated rings. The van der Waals surface area contributed by atoms with Crippen LogP contribution in [0.4, 0.5) is 0 Å². The molecule has 5 nitrogen and oxygen atoms in total. The number of amides is 1. The number of thiophene rings is 1. The minimum atomic E-state index is -3.67. The third kappa shape index (κ3) is 4.01. The number of rotatable bonds is 4. The van der Waals surface area contributed by atoms with Crippen molar-refractivity contribution in [1.29, 1.82) is 0 Å². The minimum absolute atomic E-state index is 0.0935. The second-order valence-electron chi connectivity index (χ2n) is 3.96. The molecule has 20 heavy (non-hydrogen) atoms. The molecule has 1 aromatic carbocycles. The van der Waals surface area contributed by atoms with Crippen molar-refractivity contribution in [3.63, 3.8) is 0 Å². The summed E-state index contributed by atoms with van der Waals surface area (Å²) in [7, 11) is -3.67. The Hall–Kier alpha value is -0.970. The third-order valence-electron chi connectivity index (χ3n) is 2.45. The van der Waals surface area contributed by atoms with Crippen LogP contribution in [0.2, 0.25) is 0 Å². The Kier molecular flexibility index (Phi) is 4.78. The summed E-state index contributed by atoms with van der Waals surface area (Å²) in [5.41, 5.74) is 0.564. The van der Waals surface area contributed by atoms with E-state index in [-0.39, 0.29) is 16.7 Å². The van der Waals surface area contributed by atoms with E-state index in [4.69, 9.17) is 5.14 Å². The van der Waals surface area contributed by atoms with Gasteiger partial charge in [0.15, 0.2) is 0 Å². The molecule has 0 radical (unpaired) electrons. The Morgan fingerprint density at radius 2 is 1.85 bits per heavy atom. The number of hydrogen-bond donors (Lipinski definition) is 2. The van der Waals surface area contributed by atoms with Gasteiger partial charge in [0.05, 0.1) is 6.54 Å². The smallest absolute Gasteiger partial charge is 0.251 e.